The van der Waals surface area contributed by atoms with Gasteiger partial charge in [-0.2, -0.15) is 5.26 Å². The molecule has 0 aliphatic carbocycles. The minimum Gasteiger partial charge on any atom is -0.480 e. The third-order valence-corrected chi connectivity index (χ3v) is 5.55. The fourth-order valence-corrected chi connectivity index (χ4v) is 4.19. The lowest BCUT2D eigenvalue weighted by Crippen LogP contribution is -2.44. The topological polar surface area (TPSA) is 138 Å². The molecule has 3 aromatic heterocycles. The van der Waals surface area contributed by atoms with E-state index in [0.717, 1.165) is 0 Å². The van der Waals surface area contributed by atoms with Crippen LogP contribution < -0.4 is 5.32 Å². The Hall–Kier alpha value is -3.36. The summed E-state index contributed by atoms with van der Waals surface area (Å²) >= 11 is 2.62. The number of nitriles is 1. The highest BCUT2D eigenvalue weighted by molar-refractivity contribution is 7.14. The molecular formula is C20H19N5O4S2. The van der Waals surface area contributed by atoms with Gasteiger partial charge in [0.25, 0.3) is 0 Å². The van der Waals surface area contributed by atoms with Crippen LogP contribution in [0.1, 0.15) is 31.3 Å². The van der Waals surface area contributed by atoms with Gasteiger partial charge < -0.3 is 15.2 Å². The molecule has 11 heteroatoms. The highest BCUT2D eigenvalue weighted by Crippen LogP contribution is 2.30. The van der Waals surface area contributed by atoms with Gasteiger partial charge in [-0.05, 0) is 32.9 Å². The number of carboxylic acid groups (broad SMARTS) is 1. The van der Waals surface area contributed by atoms with Crippen molar-refractivity contribution in [2.75, 3.05) is 0 Å². The second kappa shape index (κ2) is 9.20. The summed E-state index contributed by atoms with van der Waals surface area (Å²) < 4.78 is 5.13. The number of nitrogens with zero attached hydrogens (tertiary/aromatic N) is 4. The van der Waals surface area contributed by atoms with Crippen molar-refractivity contribution < 1.29 is 19.4 Å². The van der Waals surface area contributed by atoms with E-state index in [9.17, 15) is 20.0 Å². The predicted molar refractivity (Wildman–Crippen MR) is 116 cm³/mol. The van der Waals surface area contributed by atoms with E-state index in [2.05, 4.69) is 26.3 Å². The Morgan fingerprint density at radius 1 is 1.26 bits per heavy atom. The first-order valence-electron chi connectivity index (χ1n) is 9.14. The van der Waals surface area contributed by atoms with Crippen LogP contribution in [0, 0.1) is 11.3 Å². The number of hydrogen-bond acceptors (Lipinski definition) is 9. The van der Waals surface area contributed by atoms with E-state index >= 15 is 0 Å². The Balaban J connectivity index is 1.74. The van der Waals surface area contributed by atoms with Crippen LogP contribution in [0.3, 0.4) is 0 Å². The largest absolute Gasteiger partial charge is 0.480 e. The SMILES string of the molecule is CC(C)(C)OC(=O)N[C@@H](Cc1nc(-c2nc(-c3ncccc3C#N)cs2)cs1)C(=O)O. The molecule has 160 valence electrons. The maximum atomic E-state index is 11.9. The van der Waals surface area contributed by atoms with Crippen LogP contribution in [0.15, 0.2) is 29.1 Å². The number of nitrogens with one attached hydrogen (secondary N) is 1. The van der Waals surface area contributed by atoms with Crippen molar-refractivity contribution in [1.82, 2.24) is 20.3 Å². The normalized spacial score (nSPS) is 12.1. The van der Waals surface area contributed by atoms with Crippen LogP contribution in [0.4, 0.5) is 4.79 Å². The molecule has 0 unspecified atom stereocenters. The van der Waals surface area contributed by atoms with Gasteiger partial charge >= 0.3 is 12.1 Å². The lowest BCUT2D eigenvalue weighted by Gasteiger charge is -2.21. The summed E-state index contributed by atoms with van der Waals surface area (Å²) in [5.74, 6) is -1.18. The number of hydrogen-bond donors (Lipinski definition) is 2. The molecule has 3 rings (SSSR count). The van der Waals surface area contributed by atoms with Crippen molar-refractivity contribution >= 4 is 34.7 Å². The van der Waals surface area contributed by atoms with Crippen molar-refractivity contribution in [2.24, 2.45) is 0 Å². The molecule has 0 saturated heterocycles. The molecule has 0 radical (unpaired) electrons. The molecule has 31 heavy (non-hydrogen) atoms. The lowest BCUT2D eigenvalue weighted by atomic mass is 10.2. The maximum Gasteiger partial charge on any atom is 0.408 e. The van der Waals surface area contributed by atoms with Crippen molar-refractivity contribution in [1.29, 1.82) is 5.26 Å². The number of rotatable bonds is 6. The number of thiazole rings is 2. The summed E-state index contributed by atoms with van der Waals surface area (Å²) in [6.07, 6.45) is 0.806. The Labute approximate surface area is 186 Å². The summed E-state index contributed by atoms with van der Waals surface area (Å²) in [6, 6.07) is 4.28. The molecule has 9 nitrogen and oxygen atoms in total. The van der Waals surface area contributed by atoms with Crippen LogP contribution in [-0.2, 0) is 16.0 Å². The highest BCUT2D eigenvalue weighted by atomic mass is 32.1. The molecule has 0 fully saturated rings. The number of amides is 1. The summed E-state index contributed by atoms with van der Waals surface area (Å²) in [5, 5.41) is 25.8. The number of carboxylic acids is 1. The van der Waals surface area contributed by atoms with E-state index < -0.39 is 23.7 Å². The van der Waals surface area contributed by atoms with Crippen molar-refractivity contribution in [3.05, 3.63) is 39.7 Å². The van der Waals surface area contributed by atoms with Gasteiger partial charge in [-0.25, -0.2) is 19.6 Å². The van der Waals surface area contributed by atoms with Crippen LogP contribution in [0.25, 0.3) is 22.1 Å². The van der Waals surface area contributed by atoms with E-state index in [0.29, 0.717) is 32.7 Å². The first-order valence-corrected chi connectivity index (χ1v) is 10.9. The molecule has 2 N–H and O–H groups in total. The molecule has 0 saturated carbocycles. The Kier molecular flexibility index (Phi) is 6.62. The second-order valence-corrected chi connectivity index (χ2v) is 9.22. The van der Waals surface area contributed by atoms with Crippen LogP contribution in [-0.4, -0.2) is 43.8 Å². The number of aromatic nitrogens is 3. The molecule has 3 aromatic rings. The van der Waals surface area contributed by atoms with Gasteiger partial charge in [0.2, 0.25) is 0 Å². The average Bonchev–Trinajstić information content (AvgIpc) is 3.35. The molecule has 0 bridgehead atoms. The first-order chi connectivity index (χ1) is 14.7. The van der Waals surface area contributed by atoms with Gasteiger partial charge in [0.1, 0.15) is 39.8 Å². The lowest BCUT2D eigenvalue weighted by molar-refractivity contribution is -0.139. The summed E-state index contributed by atoms with van der Waals surface area (Å²) in [6.45, 7) is 5.09. The molecule has 3 heterocycles. The number of ether oxygens (including phenoxy) is 1. The van der Waals surface area contributed by atoms with Crippen LogP contribution >= 0.6 is 22.7 Å². The average molecular weight is 458 g/mol. The number of carbonyl (C=O) groups is 2. The Morgan fingerprint density at radius 2 is 2.00 bits per heavy atom. The predicted octanol–water partition coefficient (Wildman–Crippen LogP) is 3.72. The van der Waals surface area contributed by atoms with Gasteiger partial charge in [-0.15, -0.1) is 22.7 Å². The van der Waals surface area contributed by atoms with E-state index in [1.807, 2.05) is 0 Å². The number of carbonyl (C=O) groups excluding carboxylic acids is 1. The summed E-state index contributed by atoms with van der Waals surface area (Å²) in [4.78, 5) is 36.7. The fourth-order valence-electron chi connectivity index (χ4n) is 2.53. The summed E-state index contributed by atoms with van der Waals surface area (Å²) in [5.41, 5.74) is 1.35. The fraction of sp³-hybridized carbons (Fsp3) is 0.300. The molecule has 0 aliphatic heterocycles. The zero-order valence-corrected chi connectivity index (χ0v) is 18.6. The van der Waals surface area contributed by atoms with Gasteiger partial charge in [0.05, 0.1) is 10.6 Å². The third-order valence-electron chi connectivity index (χ3n) is 3.81. The van der Waals surface area contributed by atoms with Crippen LogP contribution in [0.5, 0.6) is 0 Å². The molecule has 0 spiro atoms. The molecule has 1 atom stereocenters. The third kappa shape index (κ3) is 5.84. The zero-order valence-electron chi connectivity index (χ0n) is 16.9. The van der Waals surface area contributed by atoms with E-state index in [1.165, 1.54) is 22.7 Å². The van der Waals surface area contributed by atoms with Crippen molar-refractivity contribution in [3.8, 4) is 28.2 Å². The van der Waals surface area contributed by atoms with Crippen LogP contribution in [0.2, 0.25) is 0 Å². The Morgan fingerprint density at radius 3 is 2.68 bits per heavy atom. The number of aliphatic carboxylic acids is 1. The number of pyridine rings is 1. The summed E-state index contributed by atoms with van der Waals surface area (Å²) in [7, 11) is 0. The van der Waals surface area contributed by atoms with Gasteiger partial charge in [0, 0.05) is 23.4 Å². The zero-order chi connectivity index (χ0) is 22.6. The minimum absolute atomic E-state index is 0.0102. The van der Waals surface area contributed by atoms with Gasteiger partial charge in [-0.3, -0.25) is 4.98 Å². The van der Waals surface area contributed by atoms with E-state index in [1.54, 1.807) is 49.9 Å². The molecule has 0 aliphatic rings. The Bertz CT molecular complexity index is 1140. The van der Waals surface area contributed by atoms with E-state index in [-0.39, 0.29) is 6.42 Å². The monoisotopic (exact) mass is 457 g/mol. The van der Waals surface area contributed by atoms with Gasteiger partial charge in [0.15, 0.2) is 0 Å². The van der Waals surface area contributed by atoms with Crippen molar-refractivity contribution in [2.45, 2.75) is 38.8 Å². The van der Waals surface area contributed by atoms with E-state index in [4.69, 9.17) is 4.74 Å². The van der Waals surface area contributed by atoms with Gasteiger partial charge in [-0.1, -0.05) is 0 Å². The van der Waals surface area contributed by atoms with Crippen molar-refractivity contribution in [3.63, 3.8) is 0 Å². The quantitative estimate of drug-likeness (QED) is 0.571. The molecule has 1 amide bonds. The molecular weight excluding hydrogens is 438 g/mol. The first kappa shape index (κ1) is 22.3. The smallest absolute Gasteiger partial charge is 0.408 e. The molecule has 0 aromatic carbocycles. The second-order valence-electron chi connectivity index (χ2n) is 7.42. The highest BCUT2D eigenvalue weighted by Gasteiger charge is 2.25. The maximum absolute atomic E-state index is 11.9. The standard InChI is InChI=1S/C20H19N5O4S2/c1-20(2,3)29-19(28)25-12(18(26)27)7-15-23-14(10-30-15)17-24-13(9-31-17)16-11(8-21)5-4-6-22-16/h4-6,9-10,12H,7H2,1-3H3,(H,25,28)(H,26,27)/t12-/m0/s1. The minimum atomic E-state index is -1.18. The number of alkyl carbamates (subject to hydrolysis) is 1.